The molecule has 2 rings (SSSR count). The number of nitrogens with one attached hydrogen (secondary N) is 1. The molecular formula is C18H24N2O4. The molecule has 0 aromatic heterocycles. The lowest BCUT2D eigenvalue weighted by Gasteiger charge is -2.21. The highest BCUT2D eigenvalue weighted by Crippen LogP contribution is 2.20. The first-order valence-electron chi connectivity index (χ1n) is 8.47. The number of hydrogen-bond acceptors (Lipinski definition) is 4. The fourth-order valence-corrected chi connectivity index (χ4v) is 2.70. The van der Waals surface area contributed by atoms with E-state index in [1.165, 1.54) is 37.5 Å². The molecule has 6 nitrogen and oxygen atoms in total. The zero-order valence-electron chi connectivity index (χ0n) is 13.8. The molecule has 1 aromatic carbocycles. The summed E-state index contributed by atoms with van der Waals surface area (Å²) in [4.78, 5) is 21.8. The van der Waals surface area contributed by atoms with Crippen LogP contribution in [0.1, 0.15) is 44.1 Å². The first-order valence-corrected chi connectivity index (χ1v) is 8.47. The number of benzene rings is 1. The van der Waals surface area contributed by atoms with Gasteiger partial charge in [-0.05, 0) is 43.0 Å². The first kappa shape index (κ1) is 18.1. The Kier molecular flexibility index (Phi) is 7.42. The molecule has 6 heteroatoms. The Bertz CT molecular complexity index is 563. The van der Waals surface area contributed by atoms with Crippen LogP contribution in [0.5, 0.6) is 0 Å². The molecule has 0 heterocycles. The van der Waals surface area contributed by atoms with Gasteiger partial charge in [-0.3, -0.25) is 14.9 Å². The van der Waals surface area contributed by atoms with Gasteiger partial charge in [-0.25, -0.2) is 0 Å². The maximum atomic E-state index is 11.7. The van der Waals surface area contributed by atoms with Gasteiger partial charge in [0.2, 0.25) is 5.91 Å². The van der Waals surface area contributed by atoms with Crippen LogP contribution >= 0.6 is 0 Å². The Morgan fingerprint density at radius 3 is 2.62 bits per heavy atom. The maximum absolute atomic E-state index is 11.7. The summed E-state index contributed by atoms with van der Waals surface area (Å²) >= 11 is 0. The van der Waals surface area contributed by atoms with E-state index < -0.39 is 4.92 Å². The Labute approximate surface area is 142 Å². The zero-order chi connectivity index (χ0) is 17.2. The van der Waals surface area contributed by atoms with Crippen LogP contribution in [0.15, 0.2) is 30.3 Å². The lowest BCUT2D eigenvalue weighted by Crippen LogP contribution is -2.24. The summed E-state index contributed by atoms with van der Waals surface area (Å²) < 4.78 is 5.80. The molecule has 1 aliphatic carbocycles. The maximum Gasteiger partial charge on any atom is 0.269 e. The van der Waals surface area contributed by atoms with Crippen molar-refractivity contribution < 1.29 is 14.5 Å². The van der Waals surface area contributed by atoms with E-state index in [0.717, 1.165) is 24.8 Å². The fourth-order valence-electron chi connectivity index (χ4n) is 2.70. The monoisotopic (exact) mass is 332 g/mol. The number of carbonyl (C=O) groups is 1. The van der Waals surface area contributed by atoms with Crippen LogP contribution in [-0.2, 0) is 9.53 Å². The predicted molar refractivity (Wildman–Crippen MR) is 92.6 cm³/mol. The van der Waals surface area contributed by atoms with E-state index in [4.69, 9.17) is 4.74 Å². The van der Waals surface area contributed by atoms with Gasteiger partial charge in [0.1, 0.15) is 0 Å². The molecule has 1 aliphatic rings. The van der Waals surface area contributed by atoms with Gasteiger partial charge in [0.15, 0.2) is 0 Å². The summed E-state index contributed by atoms with van der Waals surface area (Å²) in [7, 11) is 0. The van der Waals surface area contributed by atoms with Crippen molar-refractivity contribution in [3.05, 3.63) is 46.0 Å². The Balaban J connectivity index is 1.61. The predicted octanol–water partition coefficient (Wildman–Crippen LogP) is 3.46. The third-order valence-corrected chi connectivity index (χ3v) is 4.06. The number of nitro groups is 1. The molecule has 0 bridgehead atoms. The Morgan fingerprint density at radius 2 is 1.96 bits per heavy atom. The summed E-state index contributed by atoms with van der Waals surface area (Å²) in [6, 6.07) is 6.06. The number of carbonyl (C=O) groups excluding carboxylic acids is 1. The molecular weight excluding hydrogens is 308 g/mol. The van der Waals surface area contributed by atoms with E-state index in [0.29, 0.717) is 19.3 Å². The second-order valence-electron chi connectivity index (χ2n) is 5.96. The Morgan fingerprint density at radius 1 is 1.25 bits per heavy atom. The van der Waals surface area contributed by atoms with Crippen molar-refractivity contribution in [3.63, 3.8) is 0 Å². The molecule has 1 amide bonds. The van der Waals surface area contributed by atoms with Gasteiger partial charge in [0.25, 0.3) is 5.69 Å². The van der Waals surface area contributed by atoms with E-state index in [1.807, 2.05) is 0 Å². The highest BCUT2D eigenvalue weighted by atomic mass is 16.6. The zero-order valence-corrected chi connectivity index (χ0v) is 13.8. The molecule has 1 fully saturated rings. The average molecular weight is 332 g/mol. The highest BCUT2D eigenvalue weighted by molar-refractivity contribution is 5.91. The van der Waals surface area contributed by atoms with Crippen molar-refractivity contribution in [2.45, 2.75) is 44.6 Å². The molecule has 0 radical (unpaired) electrons. The molecule has 1 aromatic rings. The van der Waals surface area contributed by atoms with Gasteiger partial charge >= 0.3 is 0 Å². The average Bonchev–Trinajstić information content (AvgIpc) is 2.61. The van der Waals surface area contributed by atoms with Gasteiger partial charge < -0.3 is 10.1 Å². The highest BCUT2D eigenvalue weighted by Gasteiger charge is 2.12. The minimum atomic E-state index is -0.449. The lowest BCUT2D eigenvalue weighted by molar-refractivity contribution is -0.384. The van der Waals surface area contributed by atoms with Crippen LogP contribution in [0.4, 0.5) is 5.69 Å². The standard InChI is InChI=1S/C18H24N2O4/c21-18(12-9-15-7-10-16(11-8-15)20(22)23)19-13-4-14-24-17-5-2-1-3-6-17/h7-12,17H,1-6,13-14H2,(H,19,21)/b12-9+. The van der Waals surface area contributed by atoms with Gasteiger partial charge in [0, 0.05) is 31.4 Å². The van der Waals surface area contributed by atoms with Crippen LogP contribution in [0.25, 0.3) is 6.08 Å². The minimum Gasteiger partial charge on any atom is -0.378 e. The van der Waals surface area contributed by atoms with Gasteiger partial charge in [-0.1, -0.05) is 19.3 Å². The molecule has 1 N–H and O–H groups in total. The third kappa shape index (κ3) is 6.50. The van der Waals surface area contributed by atoms with Gasteiger partial charge in [-0.15, -0.1) is 0 Å². The quantitative estimate of drug-likeness (QED) is 0.342. The number of amides is 1. The molecule has 1 saturated carbocycles. The molecule has 0 aliphatic heterocycles. The van der Waals surface area contributed by atoms with Gasteiger partial charge in [0.05, 0.1) is 11.0 Å². The van der Waals surface area contributed by atoms with E-state index in [-0.39, 0.29) is 11.6 Å². The molecule has 130 valence electrons. The number of ether oxygens (including phenoxy) is 1. The summed E-state index contributed by atoms with van der Waals surface area (Å²) in [5, 5.41) is 13.4. The second-order valence-corrected chi connectivity index (χ2v) is 5.96. The topological polar surface area (TPSA) is 81.5 Å². The number of nitrogens with zero attached hydrogens (tertiary/aromatic N) is 1. The van der Waals surface area contributed by atoms with Crippen molar-refractivity contribution in [1.82, 2.24) is 5.32 Å². The first-order chi connectivity index (χ1) is 11.6. The number of non-ortho nitro benzene ring substituents is 1. The number of rotatable bonds is 8. The normalized spacial score (nSPS) is 15.5. The third-order valence-electron chi connectivity index (χ3n) is 4.06. The number of hydrogen-bond donors (Lipinski definition) is 1. The van der Waals surface area contributed by atoms with Crippen LogP contribution in [0, 0.1) is 10.1 Å². The van der Waals surface area contributed by atoms with E-state index >= 15 is 0 Å². The molecule has 0 atom stereocenters. The SMILES string of the molecule is O=C(/C=C/c1ccc([N+](=O)[O-])cc1)NCCCOC1CCCCC1. The van der Waals surface area contributed by atoms with Crippen molar-refractivity contribution in [3.8, 4) is 0 Å². The molecule has 24 heavy (non-hydrogen) atoms. The second kappa shape index (κ2) is 9.82. The van der Waals surface area contributed by atoms with Crippen LogP contribution < -0.4 is 5.32 Å². The van der Waals surface area contributed by atoms with E-state index in [2.05, 4.69) is 5.32 Å². The largest absolute Gasteiger partial charge is 0.378 e. The summed E-state index contributed by atoms with van der Waals surface area (Å²) in [5.41, 5.74) is 0.783. The molecule has 0 spiro atoms. The lowest BCUT2D eigenvalue weighted by atomic mass is 9.98. The van der Waals surface area contributed by atoms with Crippen molar-refractivity contribution in [1.29, 1.82) is 0 Å². The smallest absolute Gasteiger partial charge is 0.269 e. The summed E-state index contributed by atoms with van der Waals surface area (Å²) in [6.45, 7) is 1.26. The van der Waals surface area contributed by atoms with E-state index in [9.17, 15) is 14.9 Å². The summed E-state index contributed by atoms with van der Waals surface area (Å²) in [6.07, 6.45) is 10.4. The van der Waals surface area contributed by atoms with Crippen LogP contribution in [-0.4, -0.2) is 30.1 Å². The number of nitro benzene ring substituents is 1. The van der Waals surface area contributed by atoms with Gasteiger partial charge in [-0.2, -0.15) is 0 Å². The van der Waals surface area contributed by atoms with Crippen molar-refractivity contribution >= 4 is 17.7 Å². The molecule has 0 unspecified atom stereocenters. The fraction of sp³-hybridized carbons (Fsp3) is 0.500. The molecule has 0 saturated heterocycles. The summed E-state index contributed by atoms with van der Waals surface area (Å²) in [5.74, 6) is -0.175. The Hall–Kier alpha value is -2.21. The van der Waals surface area contributed by atoms with E-state index in [1.54, 1.807) is 18.2 Å². The van der Waals surface area contributed by atoms with Crippen LogP contribution in [0.2, 0.25) is 0 Å². The van der Waals surface area contributed by atoms with Crippen LogP contribution in [0.3, 0.4) is 0 Å². The minimum absolute atomic E-state index is 0.0366. The van der Waals surface area contributed by atoms with Crippen molar-refractivity contribution in [2.75, 3.05) is 13.2 Å². The van der Waals surface area contributed by atoms with Crippen molar-refractivity contribution in [2.24, 2.45) is 0 Å².